The van der Waals surface area contributed by atoms with Gasteiger partial charge in [-0.25, -0.2) is 8.42 Å². The quantitative estimate of drug-likeness (QED) is 0.495. The maximum Gasteiger partial charge on any atom is 0.310 e. The Kier molecular flexibility index (Phi) is 6.74. The molecule has 1 aliphatic heterocycles. The Hall–Kier alpha value is -3.20. The van der Waals surface area contributed by atoms with E-state index >= 15 is 0 Å². The van der Waals surface area contributed by atoms with Gasteiger partial charge in [-0.05, 0) is 55.3 Å². The van der Waals surface area contributed by atoms with Gasteiger partial charge in [-0.1, -0.05) is 12.1 Å². The molecular formula is C22H24N2O6S. The predicted molar refractivity (Wildman–Crippen MR) is 117 cm³/mol. The first-order chi connectivity index (χ1) is 14.6. The maximum absolute atomic E-state index is 12.5. The average molecular weight is 445 g/mol. The first-order valence-corrected chi connectivity index (χ1v) is 11.7. The number of carbonyl (C=O) groups excluding carboxylic acids is 3. The Bertz CT molecular complexity index is 1080. The summed E-state index contributed by atoms with van der Waals surface area (Å²) in [6.07, 6.45) is 1.45. The van der Waals surface area contributed by atoms with E-state index in [4.69, 9.17) is 4.74 Å². The third kappa shape index (κ3) is 6.14. The number of sulfonamides is 1. The van der Waals surface area contributed by atoms with Crippen molar-refractivity contribution in [3.63, 3.8) is 0 Å². The molecule has 0 radical (unpaired) electrons. The molecular weight excluding hydrogens is 420 g/mol. The fourth-order valence-corrected chi connectivity index (χ4v) is 3.89. The van der Waals surface area contributed by atoms with Crippen LogP contribution in [0.15, 0.2) is 48.5 Å². The summed E-state index contributed by atoms with van der Waals surface area (Å²) in [5.74, 6) is -0.831. The number of hydrogen-bond donors (Lipinski definition) is 1. The maximum atomic E-state index is 12.5. The van der Waals surface area contributed by atoms with E-state index in [0.29, 0.717) is 24.2 Å². The number of ether oxygens (including phenoxy) is 1. The van der Waals surface area contributed by atoms with E-state index in [1.54, 1.807) is 29.2 Å². The summed E-state index contributed by atoms with van der Waals surface area (Å²) < 4.78 is 30.1. The molecule has 164 valence electrons. The van der Waals surface area contributed by atoms with Crippen LogP contribution in [0, 0.1) is 0 Å². The molecule has 1 saturated heterocycles. The number of carbonyl (C=O) groups is 3. The van der Waals surface area contributed by atoms with E-state index in [1.807, 2.05) is 0 Å². The molecule has 31 heavy (non-hydrogen) atoms. The van der Waals surface area contributed by atoms with Crippen molar-refractivity contribution in [2.75, 3.05) is 22.4 Å². The van der Waals surface area contributed by atoms with Crippen molar-refractivity contribution < 1.29 is 27.5 Å². The Morgan fingerprint density at radius 1 is 1.10 bits per heavy atom. The number of amides is 1. The Balaban J connectivity index is 1.55. The van der Waals surface area contributed by atoms with Gasteiger partial charge in [-0.3, -0.25) is 19.1 Å². The van der Waals surface area contributed by atoms with Crippen LogP contribution in [0.3, 0.4) is 0 Å². The van der Waals surface area contributed by atoms with E-state index < -0.39 is 22.1 Å². The van der Waals surface area contributed by atoms with E-state index in [9.17, 15) is 22.8 Å². The van der Waals surface area contributed by atoms with Gasteiger partial charge >= 0.3 is 5.97 Å². The van der Waals surface area contributed by atoms with Crippen LogP contribution >= 0.6 is 0 Å². The third-order valence-corrected chi connectivity index (χ3v) is 5.43. The molecule has 2 aromatic rings. The molecule has 0 spiro atoms. The number of benzene rings is 2. The molecule has 8 nitrogen and oxygen atoms in total. The van der Waals surface area contributed by atoms with Gasteiger partial charge in [0.05, 0.1) is 12.7 Å². The van der Waals surface area contributed by atoms with E-state index in [-0.39, 0.29) is 18.1 Å². The lowest BCUT2D eigenvalue weighted by Gasteiger charge is -2.16. The van der Waals surface area contributed by atoms with E-state index in [1.165, 1.54) is 31.2 Å². The van der Waals surface area contributed by atoms with E-state index in [0.717, 1.165) is 23.9 Å². The summed E-state index contributed by atoms with van der Waals surface area (Å²) >= 11 is 0. The fraction of sp³-hybridized carbons (Fsp3) is 0.318. The molecule has 0 aliphatic carbocycles. The zero-order valence-corrected chi connectivity index (χ0v) is 18.1. The van der Waals surface area contributed by atoms with Gasteiger partial charge < -0.3 is 9.64 Å². The van der Waals surface area contributed by atoms with Crippen LogP contribution in [0.2, 0.25) is 0 Å². The zero-order chi connectivity index (χ0) is 22.6. The van der Waals surface area contributed by atoms with Crippen molar-refractivity contribution in [3.8, 4) is 0 Å². The molecule has 2 aromatic carbocycles. The minimum Gasteiger partial charge on any atom is -0.454 e. The molecule has 1 heterocycles. The minimum absolute atomic E-state index is 0.00304. The fourth-order valence-electron chi connectivity index (χ4n) is 3.33. The van der Waals surface area contributed by atoms with Gasteiger partial charge in [0, 0.05) is 29.9 Å². The lowest BCUT2D eigenvalue weighted by molar-refractivity contribution is -0.145. The monoisotopic (exact) mass is 444 g/mol. The second-order valence-electron chi connectivity index (χ2n) is 7.44. The highest BCUT2D eigenvalue weighted by molar-refractivity contribution is 7.92. The van der Waals surface area contributed by atoms with Crippen molar-refractivity contribution in [2.24, 2.45) is 0 Å². The molecule has 3 rings (SSSR count). The molecule has 0 saturated carbocycles. The number of Topliss-reactive ketones (excluding diaryl/α,β-unsaturated/α-hetero) is 1. The Labute approximate surface area is 181 Å². The summed E-state index contributed by atoms with van der Waals surface area (Å²) in [7, 11) is -3.41. The molecule has 1 aliphatic rings. The average Bonchev–Trinajstić information content (AvgIpc) is 3.13. The second-order valence-corrected chi connectivity index (χ2v) is 9.19. The minimum atomic E-state index is -3.41. The predicted octanol–water partition coefficient (Wildman–Crippen LogP) is 2.54. The SMILES string of the molecule is C[C@@H](OC(=O)Cc1ccc(N2CCCC2=O)cc1)C(=O)c1ccc(NS(C)(=O)=O)cc1. The molecule has 0 unspecified atom stereocenters. The van der Waals surface area contributed by atoms with Crippen molar-refractivity contribution in [3.05, 3.63) is 59.7 Å². The summed E-state index contributed by atoms with van der Waals surface area (Å²) in [6, 6.07) is 13.0. The highest BCUT2D eigenvalue weighted by Gasteiger charge is 2.22. The highest BCUT2D eigenvalue weighted by Crippen LogP contribution is 2.22. The number of anilines is 2. The van der Waals surface area contributed by atoms with Crippen LogP contribution in [-0.2, 0) is 30.8 Å². The molecule has 1 fully saturated rings. The summed E-state index contributed by atoms with van der Waals surface area (Å²) in [5.41, 5.74) is 2.16. The highest BCUT2D eigenvalue weighted by atomic mass is 32.2. The standard InChI is InChI=1S/C22H24N2O6S/c1-15(22(27)17-7-9-18(10-8-17)23-31(2,28)29)30-21(26)14-16-5-11-19(12-6-16)24-13-3-4-20(24)25/h5-12,15,23H,3-4,13-14H2,1-2H3/t15-/m1/s1. The number of nitrogens with zero attached hydrogens (tertiary/aromatic N) is 1. The van der Waals surface area contributed by atoms with Crippen LogP contribution in [0.5, 0.6) is 0 Å². The van der Waals surface area contributed by atoms with Crippen LogP contribution in [-0.4, -0.2) is 45.0 Å². The number of rotatable bonds is 8. The topological polar surface area (TPSA) is 110 Å². The largest absolute Gasteiger partial charge is 0.454 e. The molecule has 9 heteroatoms. The van der Waals surface area contributed by atoms with Crippen LogP contribution in [0.1, 0.15) is 35.7 Å². The first-order valence-electron chi connectivity index (χ1n) is 9.83. The van der Waals surface area contributed by atoms with Gasteiger partial charge in [-0.15, -0.1) is 0 Å². The first kappa shape index (κ1) is 22.5. The zero-order valence-electron chi connectivity index (χ0n) is 17.3. The second kappa shape index (κ2) is 9.30. The van der Waals surface area contributed by atoms with Crippen LogP contribution in [0.4, 0.5) is 11.4 Å². The van der Waals surface area contributed by atoms with Crippen LogP contribution < -0.4 is 9.62 Å². The third-order valence-electron chi connectivity index (χ3n) is 4.82. The van der Waals surface area contributed by atoms with Crippen molar-refractivity contribution in [1.29, 1.82) is 0 Å². The van der Waals surface area contributed by atoms with Gasteiger partial charge in [0.1, 0.15) is 0 Å². The summed E-state index contributed by atoms with van der Waals surface area (Å²) in [6.45, 7) is 2.19. The molecule has 1 atom stereocenters. The number of esters is 1. The van der Waals surface area contributed by atoms with Crippen LogP contribution in [0.25, 0.3) is 0 Å². The Morgan fingerprint density at radius 2 is 1.74 bits per heavy atom. The summed E-state index contributed by atoms with van der Waals surface area (Å²) in [4.78, 5) is 38.3. The smallest absolute Gasteiger partial charge is 0.310 e. The lowest BCUT2D eigenvalue weighted by atomic mass is 10.1. The number of nitrogens with one attached hydrogen (secondary N) is 1. The Morgan fingerprint density at radius 3 is 2.29 bits per heavy atom. The molecule has 1 amide bonds. The van der Waals surface area contributed by atoms with Crippen molar-refractivity contribution >= 4 is 39.1 Å². The van der Waals surface area contributed by atoms with Gasteiger partial charge in [-0.2, -0.15) is 0 Å². The normalized spacial score (nSPS) is 14.9. The number of hydrogen-bond acceptors (Lipinski definition) is 6. The summed E-state index contributed by atoms with van der Waals surface area (Å²) in [5, 5.41) is 0. The molecule has 0 bridgehead atoms. The number of ketones is 1. The van der Waals surface area contributed by atoms with Gasteiger partial charge in [0.25, 0.3) is 0 Å². The van der Waals surface area contributed by atoms with Crippen molar-refractivity contribution in [1.82, 2.24) is 0 Å². The molecule has 0 aromatic heterocycles. The van der Waals surface area contributed by atoms with Crippen molar-refractivity contribution in [2.45, 2.75) is 32.3 Å². The van der Waals surface area contributed by atoms with E-state index in [2.05, 4.69) is 4.72 Å². The van der Waals surface area contributed by atoms with Gasteiger partial charge in [0.2, 0.25) is 21.7 Å². The molecule has 1 N–H and O–H groups in total. The lowest BCUT2D eigenvalue weighted by Crippen LogP contribution is -2.25. The van der Waals surface area contributed by atoms with Gasteiger partial charge in [0.15, 0.2) is 6.10 Å².